The molecule has 0 radical (unpaired) electrons. The molecule has 13 aromatic rings. The van der Waals surface area contributed by atoms with Crippen LogP contribution in [0.5, 0.6) is 23.0 Å². The van der Waals surface area contributed by atoms with Crippen molar-refractivity contribution in [2.75, 3.05) is 107 Å². The quantitative estimate of drug-likeness (QED) is 0.0105. The second kappa shape index (κ2) is 60.8. The summed E-state index contributed by atoms with van der Waals surface area (Å²) in [5, 5.41) is 39.9. The van der Waals surface area contributed by atoms with E-state index < -0.39 is 63.0 Å². The van der Waals surface area contributed by atoms with Gasteiger partial charge in [0.25, 0.3) is 5.69 Å². The zero-order chi connectivity index (χ0) is 103. The standard InChI is InChI=1S/C26H28FNO3.C24H22F3NO2.C23H28F3NO3.C22H23NO3.C18H20N2O5.3ClH/c1-3-30-26(29)19-28(2)18-17-25(22-9-13-23(27)14-10-22)31-24-15-11-21(12-16-24)20-7-5-4-6-8-20;1-28(16-23(29)30)15-14-24(17-2-8-20(25)9-3-17,18-4-10-21(26)11-5-18)19-6-12-22(27)13-7-19;1-22(2,3)30-21(28)16-27(4)15-14-20(17-8-6-5-7-9-17)29-19-12-10-18(11-13-19)23(24,25)26;1-23(16-22(24)25)14-13-21(18-8-3-2-4-9-18)26-20-12-11-17-7-5-6-10-19(17)15-20;1-19(13-18(21)22)12-11-17(14-5-3-2-4-6-14)25-16-9-7-15(8-10-16)20(23)24;;;/h4-16,25H,3,17-19H2,1-2H3;2-13H,14-16H2,1H3,(H,29,30);5-13,20H,14-16H2,1-4H3;2-12,15,21H,13-14,16H2,1H3,(H,24,25);2-10,17H,11-13H2,1H3,(H,21,22);3*1H/t25-;;;;17-;;;/m0...1.../s1. The summed E-state index contributed by atoms with van der Waals surface area (Å²) in [6.07, 6.45) is -2.54. The maximum Gasteiger partial charge on any atom is 0.416 e. The average Bonchev–Trinajstić information content (AvgIpc) is 0.749. The number of ether oxygens (including phenoxy) is 6. The summed E-state index contributed by atoms with van der Waals surface area (Å²) >= 11 is 0. The minimum atomic E-state index is -4.39. The van der Waals surface area contributed by atoms with Crippen LogP contribution in [0.2, 0.25) is 0 Å². The lowest BCUT2D eigenvalue weighted by molar-refractivity contribution is -0.384. The first-order chi connectivity index (χ1) is 67.9. The topological polar surface area (TPSA) is 261 Å². The van der Waals surface area contributed by atoms with Gasteiger partial charge in [-0.15, -0.1) is 37.2 Å². The van der Waals surface area contributed by atoms with Gasteiger partial charge in [0.15, 0.2) is 0 Å². The highest BCUT2D eigenvalue weighted by Crippen LogP contribution is 2.44. The molecule has 2 unspecified atom stereocenters. The highest BCUT2D eigenvalue weighted by Gasteiger charge is 2.38. The third-order valence-electron chi connectivity index (χ3n) is 22.5. The molecular formula is C113H124Cl3F7N6O16. The Balaban J connectivity index is 0.000000276. The molecule has 0 heterocycles. The van der Waals surface area contributed by atoms with Gasteiger partial charge in [0, 0.05) is 69.4 Å². The van der Waals surface area contributed by atoms with Gasteiger partial charge >= 0.3 is 36.0 Å². The van der Waals surface area contributed by atoms with Gasteiger partial charge in [0.2, 0.25) is 0 Å². The predicted octanol–water partition coefficient (Wildman–Crippen LogP) is 24.6. The van der Waals surface area contributed by atoms with Crippen LogP contribution >= 0.6 is 37.2 Å². The number of halogens is 10. The molecular weight excluding hydrogens is 1940 g/mol. The number of hydrogen-bond donors (Lipinski definition) is 3. The van der Waals surface area contributed by atoms with Crippen molar-refractivity contribution in [2.24, 2.45) is 0 Å². The van der Waals surface area contributed by atoms with E-state index in [9.17, 15) is 64.8 Å². The maximum absolute atomic E-state index is 13.7. The summed E-state index contributed by atoms with van der Waals surface area (Å²) < 4.78 is 128. The van der Waals surface area contributed by atoms with Gasteiger partial charge < -0.3 is 43.7 Å². The van der Waals surface area contributed by atoms with Crippen LogP contribution in [0.4, 0.5) is 36.4 Å². The van der Waals surface area contributed by atoms with Crippen molar-refractivity contribution in [3.8, 4) is 34.1 Å². The summed E-state index contributed by atoms with van der Waals surface area (Å²) in [5.74, 6) is -2.24. The number of carbonyl (C=O) groups is 5. The van der Waals surface area contributed by atoms with Crippen molar-refractivity contribution < 1.29 is 103 Å². The number of nitro benzene ring substituents is 1. The lowest BCUT2D eigenvalue weighted by Crippen LogP contribution is -2.36. The van der Waals surface area contributed by atoms with Crippen molar-refractivity contribution >= 4 is 83.5 Å². The van der Waals surface area contributed by atoms with Crippen LogP contribution in [-0.4, -0.2) is 187 Å². The van der Waals surface area contributed by atoms with Gasteiger partial charge in [0.1, 0.15) is 76.3 Å². The van der Waals surface area contributed by atoms with E-state index in [0.29, 0.717) is 82.9 Å². The predicted molar refractivity (Wildman–Crippen MR) is 556 cm³/mol. The van der Waals surface area contributed by atoms with E-state index in [-0.39, 0.29) is 118 Å². The fraction of sp³-hybridized carbons (Fsp3) is 0.283. The molecule has 0 amide bonds. The number of alkyl halides is 3. The van der Waals surface area contributed by atoms with E-state index >= 15 is 0 Å². The summed E-state index contributed by atoms with van der Waals surface area (Å²) in [4.78, 5) is 75.6. The van der Waals surface area contributed by atoms with Gasteiger partial charge in [0.05, 0.1) is 49.8 Å². The smallest absolute Gasteiger partial charge is 0.416 e. The first-order valence-corrected chi connectivity index (χ1v) is 46.2. The van der Waals surface area contributed by atoms with Crippen LogP contribution in [0.3, 0.4) is 0 Å². The fourth-order valence-corrected chi connectivity index (χ4v) is 15.4. The van der Waals surface area contributed by atoms with Crippen LogP contribution in [0.15, 0.2) is 334 Å². The number of nitrogens with zero attached hydrogens (tertiary/aromatic N) is 6. The zero-order valence-corrected chi connectivity index (χ0v) is 84.5. The molecule has 0 saturated carbocycles. The van der Waals surface area contributed by atoms with E-state index in [2.05, 4.69) is 30.3 Å². The molecule has 0 aliphatic rings. The third-order valence-corrected chi connectivity index (χ3v) is 22.5. The van der Waals surface area contributed by atoms with Crippen LogP contribution in [0.1, 0.15) is 129 Å². The lowest BCUT2D eigenvalue weighted by Gasteiger charge is -2.37. The fourth-order valence-electron chi connectivity index (χ4n) is 15.4. The Morgan fingerprint density at radius 3 is 0.986 bits per heavy atom. The molecule has 0 spiro atoms. The van der Waals surface area contributed by atoms with Crippen LogP contribution in [0.25, 0.3) is 21.9 Å². The number of likely N-dealkylation sites (N-methyl/N-ethyl adjacent to an activating group) is 5. The maximum atomic E-state index is 13.7. The van der Waals surface area contributed by atoms with Crippen LogP contribution in [-0.2, 0) is 45.0 Å². The first-order valence-electron chi connectivity index (χ1n) is 46.2. The number of nitro groups is 1. The summed E-state index contributed by atoms with van der Waals surface area (Å²) in [6.45, 7) is 10.5. The molecule has 0 aliphatic carbocycles. The van der Waals surface area contributed by atoms with E-state index in [1.807, 2.05) is 209 Å². The second-order valence-corrected chi connectivity index (χ2v) is 35.0. The van der Waals surface area contributed by atoms with Crippen molar-refractivity contribution in [1.82, 2.24) is 24.5 Å². The molecule has 0 aliphatic heterocycles. The largest absolute Gasteiger partial charge is 0.486 e. The highest BCUT2D eigenvalue weighted by molar-refractivity contribution is 5.86. The molecule has 0 aromatic heterocycles. The number of carbonyl (C=O) groups excluding carboxylic acids is 2. The third kappa shape index (κ3) is 41.9. The Kier molecular flexibility index (Phi) is 50.3. The summed E-state index contributed by atoms with van der Waals surface area (Å²) in [5.41, 5.74) is 6.20. The summed E-state index contributed by atoms with van der Waals surface area (Å²) in [6, 6.07) is 96.4. The molecule has 4 atom stereocenters. The molecule has 32 heteroatoms. The second-order valence-electron chi connectivity index (χ2n) is 35.0. The van der Waals surface area contributed by atoms with E-state index in [0.717, 1.165) is 79.1 Å². The Hall–Kier alpha value is -13.8. The molecule has 772 valence electrons. The molecule has 0 saturated heterocycles. The molecule has 0 fully saturated rings. The molecule has 13 aromatic carbocycles. The highest BCUT2D eigenvalue weighted by atomic mass is 35.5. The number of fused-ring (bicyclic) bond motifs is 1. The van der Waals surface area contributed by atoms with Crippen LogP contribution < -0.4 is 18.9 Å². The molecule has 0 bridgehead atoms. The number of aliphatic carboxylic acids is 3. The SMILES string of the molecule is CCOC(=O)CN(C)CC[C@H](Oc1ccc(-c2ccccc2)cc1)c1ccc(F)cc1.CN(CCC(Oc1ccc(C(F)(F)F)cc1)c1ccccc1)CC(=O)OC(C)(C)C.CN(CCC(Oc1ccc2ccccc2c1)c1ccccc1)CC(=O)O.CN(CCC(c1ccc(F)cc1)(c1ccc(F)cc1)c1ccc(F)cc1)CC(=O)O.CN(CC[C@@H](Oc1ccc([N+](=O)[O-])cc1)c1ccccc1)CC(=O)O.Cl.Cl.Cl. The van der Waals surface area contributed by atoms with Gasteiger partial charge in [-0.25, -0.2) is 17.6 Å². The number of rotatable bonds is 43. The normalized spacial score (nSPS) is 11.9. The number of esters is 2. The average molecular weight is 2060 g/mol. The Bertz CT molecular complexity index is 5920. The van der Waals surface area contributed by atoms with Crippen molar-refractivity contribution in [3.63, 3.8) is 0 Å². The van der Waals surface area contributed by atoms with Gasteiger partial charge in [-0.3, -0.25) is 58.6 Å². The molecule has 3 N–H and O–H groups in total. The van der Waals surface area contributed by atoms with Gasteiger partial charge in [-0.1, -0.05) is 212 Å². The Labute approximate surface area is 860 Å². The Morgan fingerprint density at radius 1 is 0.345 bits per heavy atom. The monoisotopic (exact) mass is 2060 g/mol. The van der Waals surface area contributed by atoms with E-state index in [1.165, 1.54) is 78.2 Å². The first kappa shape index (κ1) is 120. The molecule has 145 heavy (non-hydrogen) atoms. The number of hydrogen-bond acceptors (Lipinski definition) is 18. The minimum absolute atomic E-state index is 0. The lowest BCUT2D eigenvalue weighted by atomic mass is 9.67. The van der Waals surface area contributed by atoms with E-state index in [4.69, 9.17) is 43.7 Å². The van der Waals surface area contributed by atoms with Crippen molar-refractivity contribution in [1.29, 1.82) is 0 Å². The molecule has 13 rings (SSSR count). The Morgan fingerprint density at radius 2 is 0.634 bits per heavy atom. The van der Waals surface area contributed by atoms with E-state index in [1.54, 1.807) is 96.4 Å². The van der Waals surface area contributed by atoms with Crippen molar-refractivity contribution in [2.45, 2.75) is 101 Å². The number of benzene rings is 13. The van der Waals surface area contributed by atoms with Crippen LogP contribution in [0, 0.1) is 33.4 Å². The van der Waals surface area contributed by atoms with Gasteiger partial charge in [-0.2, -0.15) is 13.2 Å². The molecule has 22 nitrogen and oxygen atoms in total. The summed E-state index contributed by atoms with van der Waals surface area (Å²) in [7, 11) is 8.92. The number of carboxylic acid groups (broad SMARTS) is 3. The van der Waals surface area contributed by atoms with Gasteiger partial charge in [-0.05, 0) is 246 Å². The number of non-ortho nitro benzene ring substituents is 1. The van der Waals surface area contributed by atoms with Crippen molar-refractivity contribution in [3.05, 3.63) is 412 Å². The number of carboxylic acids is 3. The minimum Gasteiger partial charge on any atom is -0.486 e. The zero-order valence-electron chi connectivity index (χ0n) is 82.1.